The lowest BCUT2D eigenvalue weighted by atomic mass is 9.95. The Balaban J connectivity index is 2.37. The second kappa shape index (κ2) is 6.62. The van der Waals surface area contributed by atoms with Crippen LogP contribution in [0.15, 0.2) is 30.3 Å². The molecule has 0 aliphatic heterocycles. The van der Waals surface area contributed by atoms with Crippen LogP contribution in [0.2, 0.25) is 0 Å². The molecule has 1 aromatic carbocycles. The van der Waals surface area contributed by atoms with Crippen molar-refractivity contribution in [2.45, 2.75) is 31.8 Å². The lowest BCUT2D eigenvalue weighted by Gasteiger charge is -2.26. The fourth-order valence-electron chi connectivity index (χ4n) is 1.88. The summed E-state index contributed by atoms with van der Waals surface area (Å²) >= 11 is 0. The number of anilines is 1. The molecule has 3 nitrogen and oxygen atoms in total. The minimum Gasteiger partial charge on any atom is -0.389 e. The molecule has 1 rings (SSSR count). The van der Waals surface area contributed by atoms with Gasteiger partial charge in [0.1, 0.15) is 0 Å². The summed E-state index contributed by atoms with van der Waals surface area (Å²) < 4.78 is 0. The van der Waals surface area contributed by atoms with E-state index in [0.717, 1.165) is 25.8 Å². The molecule has 0 aromatic heterocycles. The number of hydrogen-bond donors (Lipinski definition) is 2. The minimum atomic E-state index is -0.683. The molecule has 0 spiro atoms. The maximum Gasteiger partial charge on any atom is 0.0767 e. The Kier molecular flexibility index (Phi) is 5.45. The molecule has 96 valence electrons. The van der Waals surface area contributed by atoms with E-state index in [9.17, 15) is 5.11 Å². The monoisotopic (exact) mass is 236 g/mol. The number of hydrogen-bond acceptors (Lipinski definition) is 3. The summed E-state index contributed by atoms with van der Waals surface area (Å²) in [7, 11) is 2.07. The summed E-state index contributed by atoms with van der Waals surface area (Å²) in [6, 6.07) is 10.3. The Morgan fingerprint density at radius 1 is 1.29 bits per heavy atom. The summed E-state index contributed by atoms with van der Waals surface area (Å²) in [5.74, 6) is 0. The molecular weight excluding hydrogens is 212 g/mol. The maximum absolute atomic E-state index is 10.1. The Bertz CT molecular complexity index is 309. The van der Waals surface area contributed by atoms with E-state index in [2.05, 4.69) is 24.1 Å². The minimum absolute atomic E-state index is 0.346. The lowest BCUT2D eigenvalue weighted by Crippen LogP contribution is -2.37. The van der Waals surface area contributed by atoms with Gasteiger partial charge in [-0.2, -0.15) is 0 Å². The van der Waals surface area contributed by atoms with Crippen LogP contribution in [0.4, 0.5) is 5.69 Å². The molecule has 3 heteroatoms. The van der Waals surface area contributed by atoms with E-state index in [4.69, 9.17) is 5.73 Å². The van der Waals surface area contributed by atoms with Gasteiger partial charge in [-0.05, 0) is 31.4 Å². The first-order valence-electron chi connectivity index (χ1n) is 6.30. The van der Waals surface area contributed by atoms with Gasteiger partial charge in [0, 0.05) is 25.8 Å². The standard InChI is InChI=1S/C14H24N2O/c1-3-14(17,12-15)10-7-11-16(2)13-8-5-4-6-9-13/h4-6,8-9,17H,3,7,10-12,15H2,1-2H3. The van der Waals surface area contributed by atoms with Gasteiger partial charge in [-0.1, -0.05) is 25.1 Å². The number of nitrogens with two attached hydrogens (primary N) is 1. The number of para-hydroxylation sites is 1. The molecule has 0 aliphatic carbocycles. The van der Waals surface area contributed by atoms with E-state index < -0.39 is 5.60 Å². The van der Waals surface area contributed by atoms with Gasteiger partial charge in [-0.25, -0.2) is 0 Å². The van der Waals surface area contributed by atoms with Crippen molar-refractivity contribution in [3.05, 3.63) is 30.3 Å². The third-order valence-electron chi connectivity index (χ3n) is 3.37. The summed E-state index contributed by atoms with van der Waals surface area (Å²) in [4.78, 5) is 2.20. The van der Waals surface area contributed by atoms with Crippen LogP contribution in [0.25, 0.3) is 0 Å². The lowest BCUT2D eigenvalue weighted by molar-refractivity contribution is 0.0350. The van der Waals surface area contributed by atoms with Crippen molar-refractivity contribution < 1.29 is 5.11 Å². The van der Waals surface area contributed by atoms with Crippen molar-refractivity contribution in [3.63, 3.8) is 0 Å². The third kappa shape index (κ3) is 4.36. The Morgan fingerprint density at radius 3 is 2.47 bits per heavy atom. The fraction of sp³-hybridized carbons (Fsp3) is 0.571. The second-order valence-electron chi connectivity index (χ2n) is 4.64. The number of nitrogens with zero attached hydrogens (tertiary/aromatic N) is 1. The highest BCUT2D eigenvalue weighted by Gasteiger charge is 2.21. The first-order chi connectivity index (χ1) is 8.11. The molecule has 0 saturated heterocycles. The molecule has 0 saturated carbocycles. The van der Waals surface area contributed by atoms with E-state index in [1.165, 1.54) is 5.69 Å². The van der Waals surface area contributed by atoms with Crippen LogP contribution in [0.1, 0.15) is 26.2 Å². The third-order valence-corrected chi connectivity index (χ3v) is 3.37. The summed E-state index contributed by atoms with van der Waals surface area (Å²) in [5, 5.41) is 10.1. The predicted molar refractivity (Wildman–Crippen MR) is 73.2 cm³/mol. The molecule has 17 heavy (non-hydrogen) atoms. The highest BCUT2D eigenvalue weighted by Crippen LogP contribution is 2.17. The predicted octanol–water partition coefficient (Wildman–Crippen LogP) is 2.00. The van der Waals surface area contributed by atoms with Gasteiger partial charge in [-0.3, -0.25) is 0 Å². The molecule has 0 heterocycles. The van der Waals surface area contributed by atoms with Crippen LogP contribution in [0.3, 0.4) is 0 Å². The summed E-state index contributed by atoms with van der Waals surface area (Å²) in [6.45, 7) is 3.26. The van der Waals surface area contributed by atoms with Crippen molar-refractivity contribution in [1.82, 2.24) is 0 Å². The Morgan fingerprint density at radius 2 is 1.94 bits per heavy atom. The quantitative estimate of drug-likeness (QED) is 0.761. The molecule has 0 amide bonds. The molecular formula is C14H24N2O. The first-order valence-corrected chi connectivity index (χ1v) is 6.30. The van der Waals surface area contributed by atoms with Gasteiger partial charge < -0.3 is 15.7 Å². The maximum atomic E-state index is 10.1. The number of rotatable bonds is 7. The zero-order valence-corrected chi connectivity index (χ0v) is 10.9. The molecule has 1 unspecified atom stereocenters. The van der Waals surface area contributed by atoms with Crippen molar-refractivity contribution in [2.24, 2.45) is 5.73 Å². The van der Waals surface area contributed by atoms with E-state index in [1.54, 1.807) is 0 Å². The van der Waals surface area contributed by atoms with Crippen LogP contribution in [0.5, 0.6) is 0 Å². The smallest absolute Gasteiger partial charge is 0.0767 e. The Labute approximate surface area is 104 Å². The molecule has 0 radical (unpaired) electrons. The summed E-state index contributed by atoms with van der Waals surface area (Å²) in [6.07, 6.45) is 2.43. The van der Waals surface area contributed by atoms with E-state index in [0.29, 0.717) is 6.54 Å². The zero-order valence-electron chi connectivity index (χ0n) is 10.9. The molecule has 0 aliphatic rings. The second-order valence-corrected chi connectivity index (χ2v) is 4.64. The van der Waals surface area contributed by atoms with Gasteiger partial charge in [0.25, 0.3) is 0 Å². The van der Waals surface area contributed by atoms with Gasteiger partial charge in [0.15, 0.2) is 0 Å². The molecule has 1 aromatic rings. The molecule has 3 N–H and O–H groups in total. The molecule has 0 bridgehead atoms. The Hall–Kier alpha value is -1.06. The summed E-state index contributed by atoms with van der Waals surface area (Å²) in [5.41, 5.74) is 6.11. The molecule has 0 fully saturated rings. The van der Waals surface area contributed by atoms with Crippen molar-refractivity contribution in [2.75, 3.05) is 25.0 Å². The van der Waals surface area contributed by atoms with Crippen LogP contribution < -0.4 is 10.6 Å². The van der Waals surface area contributed by atoms with E-state index in [-0.39, 0.29) is 0 Å². The van der Waals surface area contributed by atoms with Gasteiger partial charge in [0.2, 0.25) is 0 Å². The largest absolute Gasteiger partial charge is 0.389 e. The van der Waals surface area contributed by atoms with Gasteiger partial charge in [0.05, 0.1) is 5.60 Å². The number of aliphatic hydroxyl groups is 1. The van der Waals surface area contributed by atoms with Gasteiger partial charge >= 0.3 is 0 Å². The van der Waals surface area contributed by atoms with Crippen molar-refractivity contribution in [3.8, 4) is 0 Å². The molecule has 1 atom stereocenters. The van der Waals surface area contributed by atoms with Gasteiger partial charge in [-0.15, -0.1) is 0 Å². The average molecular weight is 236 g/mol. The van der Waals surface area contributed by atoms with E-state index in [1.807, 2.05) is 25.1 Å². The topological polar surface area (TPSA) is 49.5 Å². The number of benzene rings is 1. The SMILES string of the molecule is CCC(O)(CN)CCCN(C)c1ccccc1. The van der Waals surface area contributed by atoms with Crippen LogP contribution in [0, 0.1) is 0 Å². The van der Waals surface area contributed by atoms with E-state index >= 15 is 0 Å². The van der Waals surface area contributed by atoms with Crippen molar-refractivity contribution >= 4 is 5.69 Å². The fourth-order valence-corrected chi connectivity index (χ4v) is 1.88. The average Bonchev–Trinajstić information content (AvgIpc) is 2.39. The normalized spacial score (nSPS) is 14.4. The first kappa shape index (κ1) is 14.0. The van der Waals surface area contributed by atoms with Crippen molar-refractivity contribution in [1.29, 1.82) is 0 Å². The zero-order chi connectivity index (χ0) is 12.7. The van der Waals surface area contributed by atoms with Crippen LogP contribution in [-0.4, -0.2) is 30.8 Å². The highest BCUT2D eigenvalue weighted by atomic mass is 16.3. The van der Waals surface area contributed by atoms with Crippen LogP contribution in [-0.2, 0) is 0 Å². The highest BCUT2D eigenvalue weighted by molar-refractivity contribution is 5.44. The van der Waals surface area contributed by atoms with Crippen LogP contribution >= 0.6 is 0 Å².